The molecule has 1 aliphatic heterocycles. The fourth-order valence-electron chi connectivity index (χ4n) is 3.29. The van der Waals surface area contributed by atoms with Crippen LogP contribution in [0.5, 0.6) is 0 Å². The smallest absolute Gasteiger partial charge is 0.347 e. The first-order chi connectivity index (χ1) is 13.9. The van der Waals surface area contributed by atoms with Crippen LogP contribution >= 0.6 is 11.6 Å². The molecule has 6 nitrogen and oxygen atoms in total. The van der Waals surface area contributed by atoms with E-state index in [1.54, 1.807) is 43.0 Å². The van der Waals surface area contributed by atoms with Gasteiger partial charge in [0.15, 0.2) is 5.78 Å². The van der Waals surface area contributed by atoms with Gasteiger partial charge < -0.3 is 10.6 Å². The van der Waals surface area contributed by atoms with Gasteiger partial charge in [0, 0.05) is 17.1 Å². The van der Waals surface area contributed by atoms with Crippen molar-refractivity contribution in [1.82, 2.24) is 15.5 Å². The molecular formula is C20H25ClF3N3O3. The number of likely N-dealkylation sites (tertiary alicyclic amines) is 1. The summed E-state index contributed by atoms with van der Waals surface area (Å²) < 4.78 is 37.0. The monoisotopic (exact) mass is 447 g/mol. The van der Waals surface area contributed by atoms with E-state index in [2.05, 4.69) is 5.32 Å². The number of nitrogens with one attached hydrogen (secondary N) is 2. The second-order valence-corrected chi connectivity index (χ2v) is 8.23. The highest BCUT2D eigenvalue weighted by molar-refractivity contribution is 6.30. The molecule has 0 saturated carbocycles. The Morgan fingerprint density at radius 1 is 1.13 bits per heavy atom. The van der Waals surface area contributed by atoms with E-state index < -0.39 is 36.0 Å². The van der Waals surface area contributed by atoms with E-state index in [-0.39, 0.29) is 18.9 Å². The molecule has 30 heavy (non-hydrogen) atoms. The minimum atomic E-state index is -4.47. The molecule has 0 radical (unpaired) electrons. The number of amides is 2. The predicted octanol–water partition coefficient (Wildman–Crippen LogP) is 2.81. The second kappa shape index (κ2) is 9.78. The van der Waals surface area contributed by atoms with Crippen LogP contribution in [0.3, 0.4) is 0 Å². The number of Topliss-reactive ketones (excluding diaryl/α,β-unsaturated/α-hetero) is 1. The number of halogens is 4. The fourth-order valence-corrected chi connectivity index (χ4v) is 3.41. The standard InChI is InChI=1S/C20H25ClF3N3O3/c1-19(2,18(30)25-10-16(28)13-5-7-15(21)8-6-13)27-9-3-4-14(11-27)17(29)26-12-20(22,23)24/h5-8,14H,3-4,9-12H2,1-2H3,(H,25,30)(H,26,29)/t14-/m0/s1. The summed E-state index contributed by atoms with van der Waals surface area (Å²) in [6.45, 7) is 2.42. The Hall–Kier alpha value is -2.13. The summed E-state index contributed by atoms with van der Waals surface area (Å²) in [7, 11) is 0. The number of rotatable bonds is 7. The van der Waals surface area contributed by atoms with Crippen molar-refractivity contribution < 1.29 is 27.6 Å². The quantitative estimate of drug-likeness (QED) is 0.630. The van der Waals surface area contributed by atoms with Crippen LogP contribution in [-0.2, 0) is 9.59 Å². The third-order valence-electron chi connectivity index (χ3n) is 5.18. The van der Waals surface area contributed by atoms with E-state index in [9.17, 15) is 27.6 Å². The summed E-state index contributed by atoms with van der Waals surface area (Å²) >= 11 is 5.80. The van der Waals surface area contributed by atoms with Gasteiger partial charge in [-0.1, -0.05) is 11.6 Å². The van der Waals surface area contributed by atoms with Crippen LogP contribution in [-0.4, -0.2) is 60.4 Å². The van der Waals surface area contributed by atoms with Crippen molar-refractivity contribution >= 4 is 29.2 Å². The normalized spacial score (nSPS) is 18.0. The molecule has 1 aromatic rings. The van der Waals surface area contributed by atoms with Gasteiger partial charge in [-0.15, -0.1) is 0 Å². The molecule has 2 amide bonds. The first-order valence-corrected chi connectivity index (χ1v) is 9.94. The van der Waals surface area contributed by atoms with Gasteiger partial charge in [-0.2, -0.15) is 13.2 Å². The summed E-state index contributed by atoms with van der Waals surface area (Å²) in [6.07, 6.45) is -3.45. The lowest BCUT2D eigenvalue weighted by Crippen LogP contribution is -2.59. The Bertz CT molecular complexity index is 782. The molecule has 0 spiro atoms. The van der Waals surface area contributed by atoms with Crippen LogP contribution in [0.2, 0.25) is 5.02 Å². The van der Waals surface area contributed by atoms with E-state index in [1.165, 1.54) is 0 Å². The van der Waals surface area contributed by atoms with Crippen molar-refractivity contribution in [3.63, 3.8) is 0 Å². The predicted molar refractivity (Wildman–Crippen MR) is 106 cm³/mol. The molecule has 1 aromatic carbocycles. The Morgan fingerprint density at radius 2 is 1.77 bits per heavy atom. The van der Waals surface area contributed by atoms with Crippen molar-refractivity contribution in [1.29, 1.82) is 0 Å². The zero-order chi connectivity index (χ0) is 22.5. The lowest BCUT2D eigenvalue weighted by molar-refractivity contribution is -0.143. The van der Waals surface area contributed by atoms with Crippen molar-refractivity contribution in [3.05, 3.63) is 34.9 Å². The van der Waals surface area contributed by atoms with Gasteiger partial charge in [0.2, 0.25) is 11.8 Å². The van der Waals surface area contributed by atoms with E-state index in [0.717, 1.165) is 0 Å². The number of alkyl halides is 3. The van der Waals surface area contributed by atoms with Crippen LogP contribution in [0.15, 0.2) is 24.3 Å². The molecule has 1 saturated heterocycles. The molecule has 0 bridgehead atoms. The summed E-state index contributed by atoms with van der Waals surface area (Å²) in [5.74, 6) is -1.99. The van der Waals surface area contributed by atoms with Gasteiger partial charge in [0.05, 0.1) is 18.0 Å². The molecule has 2 rings (SSSR count). The highest BCUT2D eigenvalue weighted by atomic mass is 35.5. The van der Waals surface area contributed by atoms with Crippen molar-refractivity contribution in [2.75, 3.05) is 26.2 Å². The lowest BCUT2D eigenvalue weighted by atomic mass is 9.91. The van der Waals surface area contributed by atoms with Crippen molar-refractivity contribution in [2.24, 2.45) is 5.92 Å². The van der Waals surface area contributed by atoms with E-state index >= 15 is 0 Å². The van der Waals surface area contributed by atoms with Crippen LogP contribution < -0.4 is 10.6 Å². The summed E-state index contributed by atoms with van der Waals surface area (Å²) in [5, 5.41) is 5.02. The number of carbonyl (C=O) groups is 3. The van der Waals surface area contributed by atoms with Crippen LogP contribution in [0, 0.1) is 5.92 Å². The molecule has 0 aromatic heterocycles. The summed E-state index contributed by atoms with van der Waals surface area (Å²) in [6, 6.07) is 6.30. The fraction of sp³-hybridized carbons (Fsp3) is 0.550. The summed E-state index contributed by atoms with van der Waals surface area (Å²) in [5.41, 5.74) is -0.625. The molecule has 1 atom stereocenters. The highest BCUT2D eigenvalue weighted by Crippen LogP contribution is 2.25. The molecule has 1 fully saturated rings. The third-order valence-corrected chi connectivity index (χ3v) is 5.43. The SMILES string of the molecule is CC(C)(C(=O)NCC(=O)c1ccc(Cl)cc1)N1CCC[C@H](C(=O)NCC(F)(F)F)C1. The Kier molecular flexibility index (Phi) is 7.87. The minimum Gasteiger partial charge on any atom is -0.347 e. The molecule has 0 aliphatic carbocycles. The number of hydrogen-bond donors (Lipinski definition) is 2. The van der Waals surface area contributed by atoms with E-state index in [4.69, 9.17) is 11.6 Å². The topological polar surface area (TPSA) is 78.5 Å². The number of nitrogens with zero attached hydrogens (tertiary/aromatic N) is 1. The zero-order valence-electron chi connectivity index (χ0n) is 16.8. The molecule has 1 aliphatic rings. The largest absolute Gasteiger partial charge is 0.405 e. The third kappa shape index (κ3) is 6.70. The highest BCUT2D eigenvalue weighted by Gasteiger charge is 2.39. The van der Waals surface area contributed by atoms with Crippen LogP contribution in [0.1, 0.15) is 37.0 Å². The summed E-state index contributed by atoms with van der Waals surface area (Å²) in [4.78, 5) is 38.8. The lowest BCUT2D eigenvalue weighted by Gasteiger charge is -2.42. The van der Waals surface area contributed by atoms with Gasteiger partial charge in [-0.05, 0) is 57.5 Å². The maximum Gasteiger partial charge on any atom is 0.405 e. The zero-order valence-corrected chi connectivity index (χ0v) is 17.6. The first kappa shape index (κ1) is 24.1. The second-order valence-electron chi connectivity index (χ2n) is 7.79. The number of benzene rings is 1. The average Bonchev–Trinajstić information content (AvgIpc) is 2.70. The molecular weight excluding hydrogens is 423 g/mol. The Balaban J connectivity index is 1.92. The van der Waals surface area contributed by atoms with Crippen molar-refractivity contribution in [3.8, 4) is 0 Å². The van der Waals surface area contributed by atoms with Gasteiger partial charge in [-0.25, -0.2) is 0 Å². The first-order valence-electron chi connectivity index (χ1n) is 9.57. The van der Waals surface area contributed by atoms with Crippen LogP contribution in [0.4, 0.5) is 13.2 Å². The number of hydrogen-bond acceptors (Lipinski definition) is 4. The molecule has 166 valence electrons. The van der Waals surface area contributed by atoms with Gasteiger partial charge in [-0.3, -0.25) is 19.3 Å². The number of carbonyl (C=O) groups excluding carboxylic acids is 3. The van der Waals surface area contributed by atoms with Gasteiger partial charge in [0.1, 0.15) is 6.54 Å². The average molecular weight is 448 g/mol. The number of ketones is 1. The van der Waals surface area contributed by atoms with Crippen molar-refractivity contribution in [2.45, 2.75) is 38.4 Å². The molecule has 0 unspecified atom stereocenters. The van der Waals surface area contributed by atoms with Crippen LogP contribution in [0.25, 0.3) is 0 Å². The molecule has 2 N–H and O–H groups in total. The van der Waals surface area contributed by atoms with E-state index in [0.29, 0.717) is 30.0 Å². The number of piperidine rings is 1. The molecule has 1 heterocycles. The Morgan fingerprint density at radius 3 is 2.37 bits per heavy atom. The molecule has 10 heteroatoms. The Labute approximate surface area is 178 Å². The van der Waals surface area contributed by atoms with Gasteiger partial charge >= 0.3 is 6.18 Å². The maximum atomic E-state index is 12.7. The maximum absolute atomic E-state index is 12.7. The van der Waals surface area contributed by atoms with E-state index in [1.807, 2.05) is 5.32 Å². The van der Waals surface area contributed by atoms with Gasteiger partial charge in [0.25, 0.3) is 0 Å². The minimum absolute atomic E-state index is 0.162.